The zero-order valence-electron chi connectivity index (χ0n) is 11.4. The highest BCUT2D eigenvalue weighted by Crippen LogP contribution is 2.56. The van der Waals surface area contributed by atoms with Gasteiger partial charge in [0.1, 0.15) is 5.75 Å². The monoisotopic (exact) mass is 257 g/mol. The molecule has 0 aromatic heterocycles. The number of nitrogens with two attached hydrogens (primary N) is 1. The number of benzene rings is 1. The van der Waals surface area contributed by atoms with E-state index in [0.717, 1.165) is 47.6 Å². The normalized spacial score (nSPS) is 39.5. The van der Waals surface area contributed by atoms with Crippen LogP contribution in [-0.4, -0.2) is 6.61 Å². The summed E-state index contributed by atoms with van der Waals surface area (Å²) in [5.41, 5.74) is 6.60. The van der Waals surface area contributed by atoms with Crippen molar-refractivity contribution in [1.29, 1.82) is 0 Å². The molecule has 1 aromatic rings. The maximum atomic E-state index is 6.03. The Labute approximate surface area is 115 Å². The van der Waals surface area contributed by atoms with Crippen molar-refractivity contribution in [3.8, 4) is 5.75 Å². The van der Waals surface area contributed by atoms with Crippen LogP contribution in [0.5, 0.6) is 5.75 Å². The molecule has 0 unspecified atom stereocenters. The molecule has 4 bridgehead atoms. The van der Waals surface area contributed by atoms with Gasteiger partial charge in [-0.1, -0.05) is 6.07 Å². The van der Waals surface area contributed by atoms with Crippen molar-refractivity contribution in [2.75, 3.05) is 12.3 Å². The predicted molar refractivity (Wildman–Crippen MR) is 76.9 cm³/mol. The van der Waals surface area contributed by atoms with Crippen LogP contribution in [0.15, 0.2) is 24.3 Å². The first kappa shape index (κ1) is 11.6. The summed E-state index contributed by atoms with van der Waals surface area (Å²) in [5, 5.41) is 0. The summed E-state index contributed by atoms with van der Waals surface area (Å²) in [7, 11) is 0. The fraction of sp³-hybridized carbons (Fsp3) is 0.647. The molecule has 4 saturated carbocycles. The average Bonchev–Trinajstić information content (AvgIpc) is 2.37. The summed E-state index contributed by atoms with van der Waals surface area (Å²) in [4.78, 5) is 0. The zero-order valence-corrected chi connectivity index (χ0v) is 11.4. The van der Waals surface area contributed by atoms with Crippen molar-refractivity contribution in [1.82, 2.24) is 0 Å². The fourth-order valence-corrected chi connectivity index (χ4v) is 5.11. The number of hydrogen-bond acceptors (Lipinski definition) is 2. The van der Waals surface area contributed by atoms with E-state index in [1.165, 1.54) is 32.1 Å². The quantitative estimate of drug-likeness (QED) is 0.838. The van der Waals surface area contributed by atoms with Gasteiger partial charge in [0.25, 0.3) is 0 Å². The van der Waals surface area contributed by atoms with Crippen molar-refractivity contribution in [2.45, 2.75) is 32.1 Å². The summed E-state index contributed by atoms with van der Waals surface area (Å²) >= 11 is 0. The first-order chi connectivity index (χ1) is 9.28. The first-order valence-corrected chi connectivity index (χ1v) is 7.76. The molecule has 2 heteroatoms. The van der Waals surface area contributed by atoms with Gasteiger partial charge in [-0.3, -0.25) is 0 Å². The second kappa shape index (κ2) is 4.43. The van der Waals surface area contributed by atoms with Crippen molar-refractivity contribution in [2.24, 2.45) is 29.6 Å². The molecule has 102 valence electrons. The van der Waals surface area contributed by atoms with Gasteiger partial charge in [0.05, 0.1) is 6.61 Å². The van der Waals surface area contributed by atoms with Crippen LogP contribution >= 0.6 is 0 Å². The zero-order chi connectivity index (χ0) is 12.8. The Morgan fingerprint density at radius 1 is 1.00 bits per heavy atom. The first-order valence-electron chi connectivity index (χ1n) is 7.76. The molecule has 0 atom stereocenters. The summed E-state index contributed by atoms with van der Waals surface area (Å²) in [6.07, 6.45) is 7.40. The lowest BCUT2D eigenvalue weighted by atomic mass is 9.52. The van der Waals surface area contributed by atoms with Gasteiger partial charge in [0, 0.05) is 11.8 Å². The lowest BCUT2D eigenvalue weighted by Gasteiger charge is -2.54. The molecule has 0 heterocycles. The smallest absolute Gasteiger partial charge is 0.121 e. The van der Waals surface area contributed by atoms with Crippen LogP contribution < -0.4 is 10.5 Å². The molecular weight excluding hydrogens is 234 g/mol. The molecule has 0 saturated heterocycles. The highest BCUT2D eigenvalue weighted by Gasteiger charge is 2.48. The van der Waals surface area contributed by atoms with Gasteiger partial charge in [-0.2, -0.15) is 0 Å². The van der Waals surface area contributed by atoms with E-state index < -0.39 is 0 Å². The Morgan fingerprint density at radius 3 is 2.32 bits per heavy atom. The standard InChI is InChI=1S/C17H23NO/c18-15-2-1-3-16(9-15)19-10-17-13-5-11-4-12(7-13)8-14(17)6-11/h1-3,9,11-14,17H,4-8,10,18H2. The lowest BCUT2D eigenvalue weighted by Crippen LogP contribution is -2.47. The third-order valence-electron chi connectivity index (χ3n) is 5.72. The molecule has 4 aliphatic carbocycles. The highest BCUT2D eigenvalue weighted by atomic mass is 16.5. The molecule has 19 heavy (non-hydrogen) atoms. The van der Waals surface area contributed by atoms with E-state index in [4.69, 9.17) is 10.5 Å². The van der Waals surface area contributed by atoms with Crippen molar-refractivity contribution >= 4 is 5.69 Å². The van der Waals surface area contributed by atoms with Gasteiger partial charge in [0.2, 0.25) is 0 Å². The van der Waals surface area contributed by atoms with Crippen LogP contribution in [0.4, 0.5) is 5.69 Å². The number of nitrogen functional groups attached to an aromatic ring is 1. The maximum Gasteiger partial charge on any atom is 0.121 e. The highest BCUT2D eigenvalue weighted by molar-refractivity contribution is 5.43. The molecular formula is C17H23NO. The Kier molecular flexibility index (Phi) is 2.71. The van der Waals surface area contributed by atoms with E-state index in [9.17, 15) is 0 Å². The number of hydrogen-bond donors (Lipinski definition) is 1. The summed E-state index contributed by atoms with van der Waals surface area (Å²) in [5.74, 6) is 5.72. The largest absolute Gasteiger partial charge is 0.493 e. The predicted octanol–water partition coefficient (Wildman–Crippen LogP) is 3.72. The second-order valence-corrected chi connectivity index (χ2v) is 6.98. The van der Waals surface area contributed by atoms with E-state index in [1.807, 2.05) is 24.3 Å². The van der Waals surface area contributed by atoms with Crippen molar-refractivity contribution in [3.63, 3.8) is 0 Å². The van der Waals surface area contributed by atoms with E-state index in [0.29, 0.717) is 0 Å². The maximum absolute atomic E-state index is 6.03. The van der Waals surface area contributed by atoms with Crippen molar-refractivity contribution in [3.05, 3.63) is 24.3 Å². The Morgan fingerprint density at radius 2 is 1.68 bits per heavy atom. The van der Waals surface area contributed by atoms with Crippen LogP contribution in [0, 0.1) is 29.6 Å². The van der Waals surface area contributed by atoms with Crippen LogP contribution in [0.25, 0.3) is 0 Å². The van der Waals surface area contributed by atoms with Gasteiger partial charge in [0.15, 0.2) is 0 Å². The molecule has 0 radical (unpaired) electrons. The average molecular weight is 257 g/mol. The minimum atomic E-state index is 0.794. The second-order valence-electron chi connectivity index (χ2n) is 6.98. The third kappa shape index (κ3) is 2.11. The molecule has 5 rings (SSSR count). The Bertz CT molecular complexity index is 442. The minimum absolute atomic E-state index is 0.794. The topological polar surface area (TPSA) is 35.2 Å². The van der Waals surface area contributed by atoms with E-state index in [2.05, 4.69) is 0 Å². The van der Waals surface area contributed by atoms with Crippen LogP contribution in [-0.2, 0) is 0 Å². The van der Waals surface area contributed by atoms with E-state index in [-0.39, 0.29) is 0 Å². The van der Waals surface area contributed by atoms with E-state index >= 15 is 0 Å². The van der Waals surface area contributed by atoms with Gasteiger partial charge >= 0.3 is 0 Å². The summed E-state index contributed by atoms with van der Waals surface area (Å²) in [6, 6.07) is 7.85. The molecule has 1 aromatic carbocycles. The van der Waals surface area contributed by atoms with Crippen LogP contribution in [0.1, 0.15) is 32.1 Å². The molecule has 2 N–H and O–H groups in total. The molecule has 0 aliphatic heterocycles. The van der Waals surface area contributed by atoms with Gasteiger partial charge in [-0.15, -0.1) is 0 Å². The van der Waals surface area contributed by atoms with Crippen LogP contribution in [0.3, 0.4) is 0 Å². The molecule has 0 spiro atoms. The van der Waals surface area contributed by atoms with Gasteiger partial charge in [-0.05, 0) is 73.8 Å². The number of ether oxygens (including phenoxy) is 1. The number of anilines is 1. The SMILES string of the molecule is Nc1cccc(OCC2C3CC4CC(C3)CC2C4)c1. The molecule has 4 aliphatic rings. The van der Waals surface area contributed by atoms with Gasteiger partial charge in [-0.25, -0.2) is 0 Å². The summed E-state index contributed by atoms with van der Waals surface area (Å²) < 4.78 is 6.03. The van der Waals surface area contributed by atoms with Gasteiger partial charge < -0.3 is 10.5 Å². The third-order valence-corrected chi connectivity index (χ3v) is 5.72. The van der Waals surface area contributed by atoms with Crippen molar-refractivity contribution < 1.29 is 4.74 Å². The fourth-order valence-electron chi connectivity index (χ4n) is 5.11. The van der Waals surface area contributed by atoms with Crippen LogP contribution in [0.2, 0.25) is 0 Å². The van der Waals surface area contributed by atoms with E-state index in [1.54, 1.807) is 0 Å². The lowest BCUT2D eigenvalue weighted by molar-refractivity contribution is -0.0529. The Hall–Kier alpha value is -1.18. The minimum Gasteiger partial charge on any atom is -0.493 e. The molecule has 4 fully saturated rings. The Balaban J connectivity index is 1.43. The number of rotatable bonds is 3. The molecule has 2 nitrogen and oxygen atoms in total. The summed E-state index contributed by atoms with van der Waals surface area (Å²) in [6.45, 7) is 0.901. The molecule has 0 amide bonds.